The third-order valence-electron chi connectivity index (χ3n) is 3.93. The van der Waals surface area contributed by atoms with Gasteiger partial charge in [-0.3, -0.25) is 0 Å². The van der Waals surface area contributed by atoms with Crippen molar-refractivity contribution in [3.05, 3.63) is 77.4 Å². The number of fused-ring (bicyclic) bond motifs is 1. The van der Waals surface area contributed by atoms with E-state index >= 15 is 0 Å². The zero-order valence-electron chi connectivity index (χ0n) is 13.8. The van der Waals surface area contributed by atoms with Crippen LogP contribution < -0.4 is 37.2 Å². The quantitative estimate of drug-likeness (QED) is 0.441. The average Bonchev–Trinajstić information content (AvgIpc) is 2.90. The molecular formula is C19H21Cl3NTi. The van der Waals surface area contributed by atoms with Crippen molar-refractivity contribution in [1.29, 1.82) is 0 Å². The standard InChI is InChI=1S/C10H14N.C9H7.3ClH.Ti/c1-11(2)9-8-10-6-4-3-5-7-10;1-2-5-9-7-3-6-8(9)4-1;;;;/h3-8H,9H2,1-2H3;1-7H;3*1H;/q;;;;;+3/p-3. The van der Waals surface area contributed by atoms with Crippen molar-refractivity contribution in [3.63, 3.8) is 0 Å². The maximum Gasteiger partial charge on any atom is -1.00 e. The molecule has 1 nitrogen and oxygen atoms in total. The Balaban J connectivity index is 0.00000176. The molecule has 0 radical (unpaired) electrons. The van der Waals surface area contributed by atoms with Gasteiger partial charge in [0.1, 0.15) is 0 Å². The van der Waals surface area contributed by atoms with E-state index in [4.69, 9.17) is 0 Å². The molecule has 0 saturated carbocycles. The molecule has 2 atom stereocenters. The zero-order chi connectivity index (χ0) is 14.7. The Bertz CT molecular complexity index is 632. The zero-order valence-corrected chi connectivity index (χ0v) is 17.6. The number of likely N-dealkylation sites (N-methyl/N-ethyl adjacent to an activating group) is 1. The van der Waals surface area contributed by atoms with Gasteiger partial charge >= 0.3 is 137 Å². The fourth-order valence-corrected chi connectivity index (χ4v) is 5.94. The van der Waals surface area contributed by atoms with E-state index in [0.29, 0.717) is 8.45 Å². The van der Waals surface area contributed by atoms with E-state index in [0.717, 1.165) is 6.54 Å². The minimum absolute atomic E-state index is 0. The molecule has 0 heterocycles. The van der Waals surface area contributed by atoms with E-state index in [9.17, 15) is 0 Å². The Hall–Kier alpha value is -0.276. The van der Waals surface area contributed by atoms with Crippen LogP contribution in [0.5, 0.6) is 0 Å². The minimum Gasteiger partial charge on any atom is -1.00 e. The summed E-state index contributed by atoms with van der Waals surface area (Å²) in [5.74, 6) is 0. The topological polar surface area (TPSA) is 3.24 Å². The Morgan fingerprint density at radius 3 is 2.21 bits per heavy atom. The molecule has 0 N–H and O–H groups in total. The van der Waals surface area contributed by atoms with Crippen LogP contribution in [-0.2, 0) is 19.2 Å². The first-order valence-electron chi connectivity index (χ1n) is 7.47. The summed E-state index contributed by atoms with van der Waals surface area (Å²) < 4.78 is 1.37. The predicted molar refractivity (Wildman–Crippen MR) is 86.0 cm³/mol. The Morgan fingerprint density at radius 2 is 1.54 bits per heavy atom. The fraction of sp³-hybridized carbons (Fsp3) is 0.263. The first-order chi connectivity index (χ1) is 10.2. The normalized spacial score (nSPS) is 15.4. The van der Waals surface area contributed by atoms with Crippen LogP contribution >= 0.6 is 0 Å². The van der Waals surface area contributed by atoms with E-state index in [-0.39, 0.29) is 56.4 Å². The van der Waals surface area contributed by atoms with E-state index in [1.54, 1.807) is 0 Å². The predicted octanol–water partition coefficient (Wildman–Crippen LogP) is -4.85. The van der Waals surface area contributed by atoms with Crippen molar-refractivity contribution in [2.45, 2.75) is 8.45 Å². The molecule has 24 heavy (non-hydrogen) atoms. The molecule has 1 aliphatic rings. The molecule has 127 valence electrons. The van der Waals surface area contributed by atoms with Gasteiger partial charge in [0, 0.05) is 0 Å². The summed E-state index contributed by atoms with van der Waals surface area (Å²) >= 11 is -0.131. The number of hydrogen-bond donors (Lipinski definition) is 0. The number of benzene rings is 2. The van der Waals surface area contributed by atoms with Crippen LogP contribution in [-0.4, -0.2) is 25.5 Å². The van der Waals surface area contributed by atoms with Gasteiger partial charge in [-0.2, -0.15) is 0 Å². The molecule has 0 amide bonds. The second kappa shape index (κ2) is 11.4. The smallest absolute Gasteiger partial charge is 1.00 e. The molecule has 1 aliphatic carbocycles. The monoisotopic (exact) mass is 416 g/mol. The summed E-state index contributed by atoms with van der Waals surface area (Å²) in [6.45, 7) is 1.15. The summed E-state index contributed by atoms with van der Waals surface area (Å²) in [6.07, 6.45) is 4.73. The number of allylic oxidation sites excluding steroid dienone is 1. The molecular weight excluding hydrogens is 396 g/mol. The van der Waals surface area contributed by atoms with E-state index in [1.807, 2.05) is 0 Å². The van der Waals surface area contributed by atoms with Gasteiger partial charge in [-0.25, -0.2) is 0 Å². The van der Waals surface area contributed by atoms with Crippen LogP contribution in [0, 0.1) is 0 Å². The summed E-state index contributed by atoms with van der Waals surface area (Å²) in [6, 6.07) is 19.9. The molecule has 0 spiro atoms. The van der Waals surface area contributed by atoms with Crippen molar-refractivity contribution in [3.8, 4) is 0 Å². The van der Waals surface area contributed by atoms with Crippen LogP contribution in [0.15, 0.2) is 60.7 Å². The van der Waals surface area contributed by atoms with Gasteiger partial charge in [0.15, 0.2) is 0 Å². The first-order valence-corrected chi connectivity index (χ1v) is 9.27. The Morgan fingerprint density at radius 1 is 0.917 bits per heavy atom. The van der Waals surface area contributed by atoms with Crippen molar-refractivity contribution in [2.24, 2.45) is 0 Å². The van der Waals surface area contributed by atoms with E-state index < -0.39 is 0 Å². The third-order valence-corrected chi connectivity index (χ3v) is 6.71. The number of nitrogens with zero attached hydrogens (tertiary/aromatic N) is 1. The van der Waals surface area contributed by atoms with E-state index in [1.165, 1.54) is 16.7 Å². The van der Waals surface area contributed by atoms with Crippen LogP contribution in [0.3, 0.4) is 0 Å². The van der Waals surface area contributed by atoms with Gasteiger partial charge in [-0.15, -0.1) is 0 Å². The van der Waals surface area contributed by atoms with E-state index in [2.05, 4.69) is 85.7 Å². The fourth-order valence-electron chi connectivity index (χ4n) is 2.92. The van der Waals surface area contributed by atoms with Crippen molar-refractivity contribution >= 4 is 6.08 Å². The first kappa shape index (κ1) is 23.7. The summed E-state index contributed by atoms with van der Waals surface area (Å²) in [5, 5.41) is 0. The average molecular weight is 418 g/mol. The molecule has 2 aromatic carbocycles. The van der Waals surface area contributed by atoms with Crippen molar-refractivity contribution in [1.82, 2.24) is 4.90 Å². The van der Waals surface area contributed by atoms with Gasteiger partial charge in [-0.05, 0) is 0 Å². The van der Waals surface area contributed by atoms with Gasteiger partial charge in [0.2, 0.25) is 0 Å². The number of rotatable bonds is 5. The molecule has 0 aromatic heterocycles. The molecule has 2 unspecified atom stereocenters. The summed E-state index contributed by atoms with van der Waals surface area (Å²) in [5.41, 5.74) is 4.46. The Labute approximate surface area is 173 Å². The van der Waals surface area contributed by atoms with Crippen molar-refractivity contribution in [2.75, 3.05) is 20.6 Å². The summed E-state index contributed by atoms with van der Waals surface area (Å²) in [4.78, 5) is 2.33. The van der Waals surface area contributed by atoms with Gasteiger partial charge in [0.25, 0.3) is 0 Å². The third kappa shape index (κ3) is 5.91. The minimum atomic E-state index is -0.131. The molecule has 5 heteroatoms. The van der Waals surface area contributed by atoms with Crippen LogP contribution in [0.2, 0.25) is 0 Å². The largest absolute Gasteiger partial charge is 1.00 e. The molecule has 3 rings (SSSR count). The molecule has 0 aliphatic heterocycles. The molecule has 2 aromatic rings. The molecule has 0 fully saturated rings. The van der Waals surface area contributed by atoms with Crippen LogP contribution in [0.4, 0.5) is 0 Å². The second-order valence-corrected chi connectivity index (χ2v) is 8.44. The number of halogens is 3. The Kier molecular flexibility index (Phi) is 11.2. The van der Waals surface area contributed by atoms with Gasteiger partial charge < -0.3 is 37.2 Å². The maximum absolute atomic E-state index is 2.43. The SMILES string of the molecule is CN(C)C[CH]([Ti+3][CH]1C=Cc2ccccc21)c1ccccc1.[Cl-].[Cl-].[Cl-]. The van der Waals surface area contributed by atoms with Crippen molar-refractivity contribution < 1.29 is 56.4 Å². The molecule has 0 bridgehead atoms. The van der Waals surface area contributed by atoms with Gasteiger partial charge in [0.05, 0.1) is 0 Å². The second-order valence-electron chi connectivity index (χ2n) is 5.86. The maximum atomic E-state index is 2.43. The van der Waals surface area contributed by atoms with Crippen LogP contribution in [0.25, 0.3) is 6.08 Å². The number of hydrogen-bond acceptors (Lipinski definition) is 1. The summed E-state index contributed by atoms with van der Waals surface area (Å²) in [7, 11) is 4.36. The van der Waals surface area contributed by atoms with Gasteiger partial charge in [-0.1, -0.05) is 0 Å². The molecule has 0 saturated heterocycles. The van der Waals surface area contributed by atoms with Crippen LogP contribution in [0.1, 0.15) is 25.1 Å².